The maximum atomic E-state index is 13.0. The van der Waals surface area contributed by atoms with Crippen LogP contribution in [0.3, 0.4) is 0 Å². The van der Waals surface area contributed by atoms with Crippen LogP contribution in [0.4, 0.5) is 21.0 Å². The Morgan fingerprint density at radius 2 is 1.50 bits per heavy atom. The van der Waals surface area contributed by atoms with Gasteiger partial charge >= 0.3 is 12.1 Å². The molecule has 7 heteroatoms. The molecule has 32 heavy (non-hydrogen) atoms. The Morgan fingerprint density at radius 1 is 0.844 bits per heavy atom. The highest BCUT2D eigenvalue weighted by atomic mass is 16.5. The van der Waals surface area contributed by atoms with E-state index in [2.05, 4.69) is 16.0 Å². The van der Waals surface area contributed by atoms with Gasteiger partial charge in [0.05, 0.1) is 0 Å². The Morgan fingerprint density at radius 3 is 2.16 bits per heavy atom. The van der Waals surface area contributed by atoms with Crippen molar-refractivity contribution >= 4 is 23.4 Å². The third-order valence-electron chi connectivity index (χ3n) is 4.63. The molecule has 0 aromatic heterocycles. The van der Waals surface area contributed by atoms with Crippen molar-refractivity contribution < 1.29 is 14.3 Å². The molecule has 0 atom stereocenters. The maximum Gasteiger partial charge on any atom is 0.326 e. The number of para-hydroxylation sites is 1. The number of urea groups is 2. The summed E-state index contributed by atoms with van der Waals surface area (Å²) >= 11 is 0. The lowest BCUT2D eigenvalue weighted by molar-refractivity contribution is 0.241. The summed E-state index contributed by atoms with van der Waals surface area (Å²) in [5, 5.41) is 8.35. The van der Waals surface area contributed by atoms with Crippen LogP contribution in [0.5, 0.6) is 11.5 Å². The highest BCUT2D eigenvalue weighted by Crippen LogP contribution is 2.25. The number of carbonyl (C=O) groups is 2. The lowest BCUT2D eigenvalue weighted by Crippen LogP contribution is -2.43. The quantitative estimate of drug-likeness (QED) is 0.461. The molecule has 0 fully saturated rings. The van der Waals surface area contributed by atoms with Crippen molar-refractivity contribution in [3.63, 3.8) is 0 Å². The van der Waals surface area contributed by atoms with E-state index in [9.17, 15) is 9.59 Å². The largest absolute Gasteiger partial charge is 0.457 e. The summed E-state index contributed by atoms with van der Waals surface area (Å²) in [7, 11) is 0. The van der Waals surface area contributed by atoms with Gasteiger partial charge in [0.25, 0.3) is 0 Å². The predicted octanol–water partition coefficient (Wildman–Crippen LogP) is 5.14. The van der Waals surface area contributed by atoms with Gasteiger partial charge in [-0.15, -0.1) is 0 Å². The molecule has 3 aromatic carbocycles. The normalized spacial score (nSPS) is 10.2. The van der Waals surface area contributed by atoms with Crippen LogP contribution in [-0.4, -0.2) is 31.7 Å². The van der Waals surface area contributed by atoms with Crippen molar-refractivity contribution in [2.75, 3.05) is 29.9 Å². The van der Waals surface area contributed by atoms with Crippen molar-refractivity contribution in [1.82, 2.24) is 10.6 Å². The van der Waals surface area contributed by atoms with Gasteiger partial charge in [-0.25, -0.2) is 9.59 Å². The van der Waals surface area contributed by atoms with Crippen LogP contribution in [0.25, 0.3) is 0 Å². The number of amides is 4. The number of hydrogen-bond acceptors (Lipinski definition) is 3. The van der Waals surface area contributed by atoms with Gasteiger partial charge in [-0.1, -0.05) is 35.9 Å². The lowest BCUT2D eigenvalue weighted by atomic mass is 10.2. The molecule has 0 saturated carbocycles. The second kappa shape index (κ2) is 11.4. The van der Waals surface area contributed by atoms with Gasteiger partial charge in [-0.05, 0) is 62.4 Å². The molecule has 0 spiro atoms. The Bertz CT molecular complexity index is 1010. The van der Waals surface area contributed by atoms with Gasteiger partial charge in [0.2, 0.25) is 0 Å². The number of hydrogen-bond donors (Lipinski definition) is 3. The van der Waals surface area contributed by atoms with E-state index in [0.29, 0.717) is 36.8 Å². The van der Waals surface area contributed by atoms with Crippen LogP contribution in [0.15, 0.2) is 78.9 Å². The third-order valence-corrected chi connectivity index (χ3v) is 4.63. The molecule has 4 amide bonds. The minimum atomic E-state index is -0.289. The summed E-state index contributed by atoms with van der Waals surface area (Å²) in [5.41, 5.74) is 2.50. The van der Waals surface area contributed by atoms with Gasteiger partial charge in [0.1, 0.15) is 11.5 Å². The maximum absolute atomic E-state index is 13.0. The number of rotatable bonds is 8. The van der Waals surface area contributed by atoms with E-state index in [0.717, 1.165) is 11.3 Å². The SMILES string of the molecule is CCNC(=O)NCCN(C(=O)Nc1ccc(C)cc1)c1ccc(Oc2ccccc2)cc1. The van der Waals surface area contributed by atoms with E-state index in [-0.39, 0.29) is 12.1 Å². The molecule has 0 saturated heterocycles. The number of aryl methyl sites for hydroxylation is 1. The topological polar surface area (TPSA) is 82.7 Å². The van der Waals surface area contributed by atoms with E-state index < -0.39 is 0 Å². The van der Waals surface area contributed by atoms with Crippen molar-refractivity contribution in [3.05, 3.63) is 84.4 Å². The molecule has 3 aromatic rings. The molecular formula is C25H28N4O3. The van der Waals surface area contributed by atoms with Crippen molar-refractivity contribution in [1.29, 1.82) is 0 Å². The summed E-state index contributed by atoms with van der Waals surface area (Å²) in [6.45, 7) is 4.97. The first-order chi connectivity index (χ1) is 15.5. The van der Waals surface area contributed by atoms with E-state index in [1.807, 2.05) is 92.7 Å². The summed E-state index contributed by atoms with van der Waals surface area (Å²) in [6.07, 6.45) is 0. The fraction of sp³-hybridized carbons (Fsp3) is 0.200. The van der Waals surface area contributed by atoms with E-state index in [4.69, 9.17) is 4.74 Å². The molecule has 3 rings (SSSR count). The molecule has 0 aliphatic rings. The first-order valence-electron chi connectivity index (χ1n) is 10.5. The van der Waals surface area contributed by atoms with Crippen LogP contribution in [-0.2, 0) is 0 Å². The van der Waals surface area contributed by atoms with E-state index >= 15 is 0 Å². The molecule has 7 nitrogen and oxygen atoms in total. The van der Waals surface area contributed by atoms with E-state index in [1.165, 1.54) is 0 Å². The first-order valence-corrected chi connectivity index (χ1v) is 10.5. The Kier molecular flexibility index (Phi) is 8.09. The number of anilines is 2. The minimum absolute atomic E-state index is 0.266. The predicted molar refractivity (Wildman–Crippen MR) is 128 cm³/mol. The number of benzene rings is 3. The number of ether oxygens (including phenoxy) is 1. The Balaban J connectivity index is 1.72. The van der Waals surface area contributed by atoms with Crippen molar-refractivity contribution in [2.24, 2.45) is 0 Å². The molecule has 0 aliphatic carbocycles. The van der Waals surface area contributed by atoms with Crippen LogP contribution in [0.2, 0.25) is 0 Å². The number of carbonyl (C=O) groups excluding carboxylic acids is 2. The average molecular weight is 433 g/mol. The van der Waals surface area contributed by atoms with Gasteiger partial charge in [-0.2, -0.15) is 0 Å². The van der Waals surface area contributed by atoms with Gasteiger partial charge in [-0.3, -0.25) is 4.90 Å². The summed E-state index contributed by atoms with van der Waals surface area (Å²) in [5.74, 6) is 1.40. The average Bonchev–Trinajstić information content (AvgIpc) is 2.80. The van der Waals surface area contributed by atoms with Gasteiger partial charge < -0.3 is 20.7 Å². The minimum Gasteiger partial charge on any atom is -0.457 e. The zero-order valence-corrected chi connectivity index (χ0v) is 18.3. The molecule has 0 heterocycles. The first kappa shape index (κ1) is 22.7. The Labute approximate surface area is 188 Å². The summed E-state index contributed by atoms with van der Waals surface area (Å²) < 4.78 is 5.84. The molecule has 166 valence electrons. The third kappa shape index (κ3) is 6.77. The molecule has 0 radical (unpaired) electrons. The van der Waals surface area contributed by atoms with E-state index in [1.54, 1.807) is 4.90 Å². The monoisotopic (exact) mass is 432 g/mol. The summed E-state index contributed by atoms with van der Waals surface area (Å²) in [6, 6.07) is 23.8. The van der Waals surface area contributed by atoms with Crippen LogP contribution in [0, 0.1) is 6.92 Å². The zero-order chi connectivity index (χ0) is 22.8. The standard InChI is InChI=1S/C25H28N4O3/c1-3-26-24(30)27-17-18-29(25(31)28-20-11-9-19(2)10-12-20)21-13-15-23(16-14-21)32-22-7-5-4-6-8-22/h4-16H,3,17-18H2,1-2H3,(H,28,31)(H2,26,27,30). The number of nitrogens with zero attached hydrogens (tertiary/aromatic N) is 1. The molecule has 0 aliphatic heterocycles. The zero-order valence-electron chi connectivity index (χ0n) is 18.3. The number of nitrogens with one attached hydrogen (secondary N) is 3. The second-order valence-corrected chi connectivity index (χ2v) is 7.14. The van der Waals surface area contributed by atoms with Gasteiger partial charge in [0.15, 0.2) is 0 Å². The Hall–Kier alpha value is -4.00. The fourth-order valence-corrected chi connectivity index (χ4v) is 3.00. The highest BCUT2D eigenvalue weighted by molar-refractivity contribution is 6.01. The highest BCUT2D eigenvalue weighted by Gasteiger charge is 2.16. The van der Waals surface area contributed by atoms with Crippen LogP contribution < -0.4 is 25.6 Å². The fourth-order valence-electron chi connectivity index (χ4n) is 3.00. The molecule has 0 bridgehead atoms. The lowest BCUT2D eigenvalue weighted by Gasteiger charge is -2.24. The van der Waals surface area contributed by atoms with Crippen LogP contribution >= 0.6 is 0 Å². The summed E-state index contributed by atoms with van der Waals surface area (Å²) in [4.78, 5) is 26.3. The molecule has 3 N–H and O–H groups in total. The second-order valence-electron chi connectivity index (χ2n) is 7.14. The molecule has 0 unspecified atom stereocenters. The van der Waals surface area contributed by atoms with Gasteiger partial charge in [0, 0.05) is 31.0 Å². The smallest absolute Gasteiger partial charge is 0.326 e. The van der Waals surface area contributed by atoms with Crippen molar-refractivity contribution in [3.8, 4) is 11.5 Å². The van der Waals surface area contributed by atoms with Crippen LogP contribution in [0.1, 0.15) is 12.5 Å². The van der Waals surface area contributed by atoms with Crippen molar-refractivity contribution in [2.45, 2.75) is 13.8 Å². The molecular weight excluding hydrogens is 404 g/mol.